The minimum Gasteiger partial charge on any atom is -0.294 e. The zero-order valence-corrected chi connectivity index (χ0v) is 21.6. The number of aromatic nitrogens is 5. The summed E-state index contributed by atoms with van der Waals surface area (Å²) < 4.78 is 0. The fourth-order valence-corrected chi connectivity index (χ4v) is 5.62. The average Bonchev–Trinajstić information content (AvgIpc) is 3.72. The van der Waals surface area contributed by atoms with E-state index in [1.807, 2.05) is 35.2 Å². The van der Waals surface area contributed by atoms with Crippen molar-refractivity contribution in [1.82, 2.24) is 30.5 Å². The monoisotopic (exact) mass is 505 g/mol. The molecule has 1 fully saturated rings. The molecule has 2 aromatic heterocycles. The molecule has 1 amide bonds. The Morgan fingerprint density at radius 2 is 1.79 bits per heavy atom. The molecule has 1 aliphatic heterocycles. The molecule has 8 heteroatoms. The molecular weight excluding hydrogens is 474 g/mol. The Morgan fingerprint density at radius 3 is 2.50 bits per heavy atom. The van der Waals surface area contributed by atoms with Crippen molar-refractivity contribution in [2.24, 2.45) is 4.99 Å². The Labute approximate surface area is 222 Å². The van der Waals surface area contributed by atoms with Crippen molar-refractivity contribution in [3.63, 3.8) is 0 Å². The third-order valence-corrected chi connectivity index (χ3v) is 7.65. The highest BCUT2D eigenvalue weighted by Gasteiger charge is 2.49. The van der Waals surface area contributed by atoms with Crippen LogP contribution in [-0.4, -0.2) is 47.8 Å². The van der Waals surface area contributed by atoms with Crippen molar-refractivity contribution in [2.45, 2.75) is 64.0 Å². The molecule has 8 nitrogen and oxygen atoms in total. The SMILES string of the molecule is CCCCC1=NC2(CCCC2)C(=O)N1Cc1ccc(-c2cc(-c3ccccn3)ccc2-c2nn[nH]n2)cc1. The van der Waals surface area contributed by atoms with Gasteiger partial charge in [-0.25, -0.2) is 0 Å². The first-order valence-electron chi connectivity index (χ1n) is 13.5. The van der Waals surface area contributed by atoms with Crippen LogP contribution in [0.1, 0.15) is 57.4 Å². The molecule has 2 aromatic carbocycles. The molecule has 3 heterocycles. The number of carbonyl (C=O) groups is 1. The van der Waals surface area contributed by atoms with Crippen LogP contribution in [0.3, 0.4) is 0 Å². The van der Waals surface area contributed by atoms with Crippen LogP contribution in [0.4, 0.5) is 0 Å². The van der Waals surface area contributed by atoms with Crippen molar-refractivity contribution < 1.29 is 4.79 Å². The highest BCUT2D eigenvalue weighted by molar-refractivity contribution is 6.08. The van der Waals surface area contributed by atoms with Crippen LogP contribution in [0.15, 0.2) is 71.9 Å². The Hall–Kier alpha value is -4.20. The van der Waals surface area contributed by atoms with Gasteiger partial charge in [-0.15, -0.1) is 10.2 Å². The van der Waals surface area contributed by atoms with E-state index in [0.717, 1.165) is 84.3 Å². The van der Waals surface area contributed by atoms with E-state index < -0.39 is 5.54 Å². The fourth-order valence-electron chi connectivity index (χ4n) is 5.62. The summed E-state index contributed by atoms with van der Waals surface area (Å²) in [6.45, 7) is 2.73. The number of rotatable bonds is 8. The summed E-state index contributed by atoms with van der Waals surface area (Å²) in [6, 6.07) is 20.5. The molecule has 2 aliphatic rings. The van der Waals surface area contributed by atoms with E-state index in [2.05, 4.69) is 62.9 Å². The molecule has 38 heavy (non-hydrogen) atoms. The summed E-state index contributed by atoms with van der Waals surface area (Å²) in [5.41, 5.74) is 5.41. The molecule has 0 radical (unpaired) electrons. The van der Waals surface area contributed by atoms with Gasteiger partial charge in [0.05, 0.1) is 12.2 Å². The first kappa shape index (κ1) is 24.2. The third-order valence-electron chi connectivity index (χ3n) is 7.65. The van der Waals surface area contributed by atoms with Crippen LogP contribution in [0.2, 0.25) is 0 Å². The molecule has 1 aliphatic carbocycles. The topological polar surface area (TPSA) is 100 Å². The number of nitrogens with zero attached hydrogens (tertiary/aromatic N) is 6. The Kier molecular flexibility index (Phi) is 6.54. The highest BCUT2D eigenvalue weighted by atomic mass is 16.2. The van der Waals surface area contributed by atoms with Gasteiger partial charge in [-0.05, 0) is 65.4 Å². The standard InChI is InChI=1S/C30H31N7O/c1-2-3-9-27-32-30(16-5-6-17-30)29(38)37(27)20-21-10-12-22(13-11-21)25-19-23(26-8-4-7-18-31-26)14-15-24(25)28-33-35-36-34-28/h4,7-8,10-15,18-19H,2-3,5-6,9,16-17,20H2,1H3,(H,33,34,35,36). The second-order valence-electron chi connectivity index (χ2n) is 10.2. The maximum atomic E-state index is 13.5. The van der Waals surface area contributed by atoms with Gasteiger partial charge in [0, 0.05) is 23.7 Å². The number of carbonyl (C=O) groups excluding carboxylic acids is 1. The van der Waals surface area contributed by atoms with Crippen molar-refractivity contribution >= 4 is 11.7 Å². The lowest BCUT2D eigenvalue weighted by molar-refractivity contribution is -0.131. The molecule has 4 aromatic rings. The molecule has 0 unspecified atom stereocenters. The first-order valence-corrected chi connectivity index (χ1v) is 13.5. The van der Waals surface area contributed by atoms with E-state index in [1.165, 1.54) is 0 Å². The van der Waals surface area contributed by atoms with Crippen LogP contribution < -0.4 is 0 Å². The van der Waals surface area contributed by atoms with Crippen LogP contribution in [0.5, 0.6) is 0 Å². The van der Waals surface area contributed by atoms with E-state index in [0.29, 0.717) is 12.4 Å². The number of tetrazole rings is 1. The molecule has 1 saturated carbocycles. The van der Waals surface area contributed by atoms with Crippen molar-refractivity contribution in [3.05, 3.63) is 72.4 Å². The van der Waals surface area contributed by atoms with E-state index in [9.17, 15) is 4.79 Å². The number of hydrogen-bond acceptors (Lipinski definition) is 6. The van der Waals surface area contributed by atoms with E-state index >= 15 is 0 Å². The van der Waals surface area contributed by atoms with Gasteiger partial charge >= 0.3 is 0 Å². The van der Waals surface area contributed by atoms with Gasteiger partial charge in [-0.1, -0.05) is 62.6 Å². The lowest BCUT2D eigenvalue weighted by Gasteiger charge is -2.23. The predicted molar refractivity (Wildman–Crippen MR) is 147 cm³/mol. The van der Waals surface area contributed by atoms with Crippen LogP contribution in [-0.2, 0) is 11.3 Å². The van der Waals surface area contributed by atoms with Gasteiger partial charge < -0.3 is 0 Å². The second kappa shape index (κ2) is 10.3. The number of unbranched alkanes of at least 4 members (excludes halogenated alkanes) is 1. The maximum absolute atomic E-state index is 13.5. The quantitative estimate of drug-likeness (QED) is 0.324. The summed E-state index contributed by atoms with van der Waals surface area (Å²) >= 11 is 0. The molecule has 0 saturated heterocycles. The van der Waals surface area contributed by atoms with Crippen molar-refractivity contribution in [1.29, 1.82) is 0 Å². The summed E-state index contributed by atoms with van der Waals surface area (Å²) in [5.74, 6) is 1.69. The first-order chi connectivity index (χ1) is 18.7. The number of benzene rings is 2. The zero-order chi connectivity index (χ0) is 26.0. The molecular formula is C30H31N7O. The van der Waals surface area contributed by atoms with Gasteiger partial charge in [0.15, 0.2) is 0 Å². The van der Waals surface area contributed by atoms with E-state index in [-0.39, 0.29) is 5.91 Å². The normalized spacial score (nSPS) is 16.4. The molecule has 0 bridgehead atoms. The summed E-state index contributed by atoms with van der Waals surface area (Å²) in [4.78, 5) is 25.0. The second-order valence-corrected chi connectivity index (χ2v) is 10.2. The largest absolute Gasteiger partial charge is 0.294 e. The van der Waals surface area contributed by atoms with Gasteiger partial charge in [0.1, 0.15) is 11.4 Å². The lowest BCUT2D eigenvalue weighted by Crippen LogP contribution is -2.40. The molecule has 6 rings (SSSR count). The minimum atomic E-state index is -0.506. The minimum absolute atomic E-state index is 0.188. The Balaban J connectivity index is 1.30. The van der Waals surface area contributed by atoms with Gasteiger partial charge in [0.25, 0.3) is 5.91 Å². The number of amidine groups is 1. The number of nitrogens with one attached hydrogen (secondary N) is 1. The summed E-state index contributed by atoms with van der Waals surface area (Å²) in [7, 11) is 0. The van der Waals surface area contributed by atoms with Crippen LogP contribution in [0.25, 0.3) is 33.8 Å². The van der Waals surface area contributed by atoms with Gasteiger partial charge in [-0.2, -0.15) is 5.21 Å². The Bertz CT molecular complexity index is 1440. The number of aliphatic imine (C=N–C) groups is 1. The molecule has 0 atom stereocenters. The summed E-state index contributed by atoms with van der Waals surface area (Å²) in [5, 5.41) is 14.7. The molecule has 192 valence electrons. The smallest absolute Gasteiger partial charge is 0.256 e. The summed E-state index contributed by atoms with van der Waals surface area (Å²) in [6.07, 6.45) is 8.70. The maximum Gasteiger partial charge on any atom is 0.256 e. The van der Waals surface area contributed by atoms with Crippen molar-refractivity contribution in [3.8, 4) is 33.8 Å². The van der Waals surface area contributed by atoms with E-state index in [4.69, 9.17) is 4.99 Å². The zero-order valence-electron chi connectivity index (χ0n) is 21.6. The van der Waals surface area contributed by atoms with Crippen LogP contribution in [0, 0.1) is 0 Å². The van der Waals surface area contributed by atoms with E-state index in [1.54, 1.807) is 6.20 Å². The average molecular weight is 506 g/mol. The van der Waals surface area contributed by atoms with Gasteiger partial charge in [0.2, 0.25) is 5.82 Å². The fraction of sp³-hybridized carbons (Fsp3) is 0.333. The predicted octanol–water partition coefficient (Wildman–Crippen LogP) is 5.84. The number of amides is 1. The van der Waals surface area contributed by atoms with Crippen molar-refractivity contribution in [2.75, 3.05) is 0 Å². The number of pyridine rings is 1. The van der Waals surface area contributed by atoms with Gasteiger partial charge in [-0.3, -0.25) is 19.7 Å². The Morgan fingerprint density at radius 1 is 0.974 bits per heavy atom. The van der Waals surface area contributed by atoms with Crippen LogP contribution >= 0.6 is 0 Å². The molecule has 1 spiro atoms. The number of aromatic amines is 1. The number of hydrogen-bond donors (Lipinski definition) is 1. The number of H-pyrrole nitrogens is 1. The third kappa shape index (κ3) is 4.51. The highest BCUT2D eigenvalue weighted by Crippen LogP contribution is 2.40. The molecule has 1 N–H and O–H groups in total. The lowest BCUT2D eigenvalue weighted by atomic mass is 9.94.